The first-order valence-corrected chi connectivity index (χ1v) is 13.8. The summed E-state index contributed by atoms with van der Waals surface area (Å²) in [4.78, 5) is 63.6. The van der Waals surface area contributed by atoms with Gasteiger partial charge in [-0.1, -0.05) is 12.1 Å². The summed E-state index contributed by atoms with van der Waals surface area (Å²) in [6.45, 7) is 3.01. The monoisotopic (exact) mass is 590 g/mol. The maximum absolute atomic E-state index is 13.4. The molecule has 0 spiro atoms. The van der Waals surface area contributed by atoms with Crippen molar-refractivity contribution < 1.29 is 24.3 Å². The zero-order valence-electron chi connectivity index (χ0n) is 23.0. The van der Waals surface area contributed by atoms with E-state index in [-0.39, 0.29) is 42.9 Å². The highest BCUT2D eigenvalue weighted by molar-refractivity contribution is 7.20. The van der Waals surface area contributed by atoms with Crippen LogP contribution in [0.25, 0.3) is 10.2 Å². The summed E-state index contributed by atoms with van der Waals surface area (Å²) in [6.07, 6.45) is -0.294. The van der Waals surface area contributed by atoms with Crippen molar-refractivity contribution in [2.24, 2.45) is 32.9 Å². The van der Waals surface area contributed by atoms with Crippen LogP contribution in [0, 0.1) is 0 Å². The highest BCUT2D eigenvalue weighted by Crippen LogP contribution is 2.23. The summed E-state index contributed by atoms with van der Waals surface area (Å²) in [6, 6.07) is 3.75. The molecule has 0 saturated heterocycles. The minimum Gasteiger partial charge on any atom is -0.391 e. The number of aliphatic hydroxyl groups excluding tert-OH is 1. The number of Topliss-reactive ketones (excluding diaryl/α,β-unsaturated/α-hetero) is 1. The number of benzene rings is 1. The number of carbonyl (C=O) groups is 4. The standard InChI is InChI=1S/C25H38N10O5S/c1-13(36)19(35-21(39)17(32-14(2)37)9-6-12-31-25(28)29)22(40)33-16(8-5-11-30-24(26)27)20(38)23-34-15-7-3-4-10-18(15)41-23/h3-4,7,10,13,16-17,19,36H,5-6,8-9,11-12H2,1-2H3,(H,32,37)(H,33,40)(H,35,39)(H4,26,27,30)(H4,28,29,31)/t13?,16-,17+,19-/m0/s1. The molecular weight excluding hydrogens is 552 g/mol. The summed E-state index contributed by atoms with van der Waals surface area (Å²) in [5, 5.41) is 18.2. The fourth-order valence-electron chi connectivity index (χ4n) is 3.84. The Morgan fingerprint density at radius 3 is 2.02 bits per heavy atom. The lowest BCUT2D eigenvalue weighted by molar-refractivity contribution is -0.134. The average Bonchev–Trinajstić information content (AvgIpc) is 3.33. The zero-order chi connectivity index (χ0) is 30.5. The average molecular weight is 591 g/mol. The first-order valence-electron chi connectivity index (χ1n) is 13.0. The van der Waals surface area contributed by atoms with E-state index in [4.69, 9.17) is 22.9 Å². The highest BCUT2D eigenvalue weighted by Gasteiger charge is 2.33. The van der Waals surface area contributed by atoms with Gasteiger partial charge in [0.25, 0.3) is 0 Å². The van der Waals surface area contributed by atoms with E-state index in [1.807, 2.05) is 12.1 Å². The van der Waals surface area contributed by atoms with Crippen molar-refractivity contribution in [3.63, 3.8) is 0 Å². The molecule has 0 fully saturated rings. The van der Waals surface area contributed by atoms with Crippen LogP contribution < -0.4 is 38.9 Å². The Morgan fingerprint density at radius 1 is 0.902 bits per heavy atom. The number of fused-ring (bicyclic) bond motifs is 1. The van der Waals surface area contributed by atoms with Gasteiger partial charge in [-0.2, -0.15) is 0 Å². The van der Waals surface area contributed by atoms with Crippen LogP contribution in [0.5, 0.6) is 0 Å². The predicted molar refractivity (Wildman–Crippen MR) is 157 cm³/mol. The lowest BCUT2D eigenvalue weighted by Crippen LogP contribution is -2.59. The van der Waals surface area contributed by atoms with Gasteiger partial charge in [-0.15, -0.1) is 11.3 Å². The Kier molecular flexibility index (Phi) is 12.9. The number of aliphatic imine (C=N–C) groups is 2. The van der Waals surface area contributed by atoms with E-state index in [2.05, 4.69) is 30.9 Å². The van der Waals surface area contributed by atoms with Crippen LogP contribution in [-0.4, -0.2) is 82.8 Å². The third-order valence-corrected chi connectivity index (χ3v) is 6.84. The first kappa shape index (κ1) is 32.9. The molecule has 0 radical (unpaired) electrons. The molecule has 1 unspecified atom stereocenters. The maximum Gasteiger partial charge on any atom is 0.245 e. The smallest absolute Gasteiger partial charge is 0.245 e. The quantitative estimate of drug-likeness (QED) is 0.0482. The lowest BCUT2D eigenvalue weighted by Gasteiger charge is -2.26. The number of aliphatic hydroxyl groups is 1. The molecule has 1 aromatic heterocycles. The second kappa shape index (κ2) is 16.1. The molecule has 12 N–H and O–H groups in total. The number of hydrogen-bond acceptors (Lipinski definition) is 9. The van der Waals surface area contributed by atoms with Crippen molar-refractivity contribution in [3.05, 3.63) is 29.3 Å². The molecule has 15 nitrogen and oxygen atoms in total. The van der Waals surface area contributed by atoms with Crippen molar-refractivity contribution in [2.75, 3.05) is 13.1 Å². The number of carbonyl (C=O) groups excluding carboxylic acids is 4. The van der Waals surface area contributed by atoms with Gasteiger partial charge in [0.2, 0.25) is 23.5 Å². The van der Waals surface area contributed by atoms with Crippen LogP contribution in [0.2, 0.25) is 0 Å². The SMILES string of the molecule is CC(=O)N[C@H](CCCN=C(N)N)C(=O)N[C@H](C(=O)N[C@@H](CCCN=C(N)N)C(=O)c1nc2ccccc2s1)C(C)O. The number of para-hydroxylation sites is 1. The Bertz CT molecular complexity index is 1240. The molecule has 41 heavy (non-hydrogen) atoms. The third kappa shape index (κ3) is 11.0. The Morgan fingerprint density at radius 2 is 1.49 bits per heavy atom. The molecule has 4 atom stereocenters. The van der Waals surface area contributed by atoms with Crippen LogP contribution in [-0.2, 0) is 14.4 Å². The number of ketones is 1. The molecule has 2 rings (SSSR count). The van der Waals surface area contributed by atoms with E-state index in [1.165, 1.54) is 25.2 Å². The summed E-state index contributed by atoms with van der Waals surface area (Å²) in [7, 11) is 0. The molecule has 0 aliphatic carbocycles. The second-order valence-corrected chi connectivity index (χ2v) is 10.3. The Hall–Kier alpha value is -4.31. The number of amides is 3. The van der Waals surface area contributed by atoms with E-state index in [0.717, 1.165) is 4.70 Å². The van der Waals surface area contributed by atoms with Crippen LogP contribution >= 0.6 is 11.3 Å². The molecule has 0 bridgehead atoms. The van der Waals surface area contributed by atoms with Crippen molar-refractivity contribution in [1.29, 1.82) is 0 Å². The number of hydrogen-bond donors (Lipinski definition) is 8. The summed E-state index contributed by atoms with van der Waals surface area (Å²) >= 11 is 1.19. The number of thiazole rings is 1. The van der Waals surface area contributed by atoms with Gasteiger partial charge in [-0.25, -0.2) is 4.98 Å². The molecule has 16 heteroatoms. The van der Waals surface area contributed by atoms with Gasteiger partial charge in [-0.3, -0.25) is 29.2 Å². The fraction of sp³-hybridized carbons (Fsp3) is 0.480. The Labute approximate surface area is 241 Å². The van der Waals surface area contributed by atoms with Crippen molar-refractivity contribution in [1.82, 2.24) is 20.9 Å². The summed E-state index contributed by atoms with van der Waals surface area (Å²) in [5.74, 6) is -2.61. The van der Waals surface area contributed by atoms with E-state index >= 15 is 0 Å². The fourth-order valence-corrected chi connectivity index (χ4v) is 4.80. The number of rotatable bonds is 16. The number of nitrogens with two attached hydrogens (primary N) is 4. The second-order valence-electron chi connectivity index (χ2n) is 9.29. The predicted octanol–water partition coefficient (Wildman–Crippen LogP) is -1.56. The normalized spacial score (nSPS) is 13.7. The molecule has 0 aliphatic rings. The van der Waals surface area contributed by atoms with Crippen LogP contribution in [0.3, 0.4) is 0 Å². The number of aromatic nitrogens is 1. The maximum atomic E-state index is 13.4. The minimum absolute atomic E-state index is 0.105. The first-order chi connectivity index (χ1) is 19.4. The van der Waals surface area contributed by atoms with E-state index < -0.39 is 47.7 Å². The molecule has 3 amide bonds. The van der Waals surface area contributed by atoms with Gasteiger partial charge in [-0.05, 0) is 44.7 Å². The van der Waals surface area contributed by atoms with Gasteiger partial charge in [0.1, 0.15) is 12.1 Å². The number of nitrogens with one attached hydrogen (secondary N) is 3. The topological polar surface area (TPSA) is 266 Å². The van der Waals surface area contributed by atoms with Crippen LogP contribution in [0.4, 0.5) is 0 Å². The van der Waals surface area contributed by atoms with E-state index in [1.54, 1.807) is 12.1 Å². The van der Waals surface area contributed by atoms with Crippen LogP contribution in [0.15, 0.2) is 34.3 Å². The van der Waals surface area contributed by atoms with Crippen LogP contribution in [0.1, 0.15) is 49.3 Å². The molecule has 0 saturated carbocycles. The van der Waals surface area contributed by atoms with E-state index in [9.17, 15) is 24.3 Å². The number of nitrogens with zero attached hydrogens (tertiary/aromatic N) is 3. The minimum atomic E-state index is -1.43. The van der Waals surface area contributed by atoms with Crippen molar-refractivity contribution in [2.45, 2.75) is 63.8 Å². The molecule has 1 heterocycles. The summed E-state index contributed by atoms with van der Waals surface area (Å²) < 4.78 is 0.805. The third-order valence-electron chi connectivity index (χ3n) is 5.78. The highest BCUT2D eigenvalue weighted by atomic mass is 32.1. The van der Waals surface area contributed by atoms with Gasteiger partial charge in [0, 0.05) is 20.0 Å². The lowest BCUT2D eigenvalue weighted by atomic mass is 10.0. The molecule has 2 aromatic rings. The van der Waals surface area contributed by atoms with Crippen molar-refractivity contribution >= 4 is 57.0 Å². The number of guanidine groups is 2. The Balaban J connectivity index is 2.20. The van der Waals surface area contributed by atoms with E-state index in [0.29, 0.717) is 18.4 Å². The zero-order valence-corrected chi connectivity index (χ0v) is 23.8. The molecule has 224 valence electrons. The molecule has 1 aromatic carbocycles. The largest absolute Gasteiger partial charge is 0.391 e. The molecule has 0 aliphatic heterocycles. The van der Waals surface area contributed by atoms with Crippen molar-refractivity contribution in [3.8, 4) is 0 Å². The van der Waals surface area contributed by atoms with Gasteiger partial charge in [0.05, 0.1) is 22.4 Å². The molecular formula is C25H38N10O5S. The van der Waals surface area contributed by atoms with Gasteiger partial charge >= 0.3 is 0 Å². The van der Waals surface area contributed by atoms with Gasteiger partial charge in [0.15, 0.2) is 16.9 Å². The summed E-state index contributed by atoms with van der Waals surface area (Å²) in [5.41, 5.74) is 22.0. The van der Waals surface area contributed by atoms with Gasteiger partial charge < -0.3 is 44.0 Å².